The van der Waals surface area contributed by atoms with E-state index < -0.39 is 0 Å². The highest BCUT2D eigenvalue weighted by Crippen LogP contribution is 2.33. The monoisotopic (exact) mass is 348 g/mol. The molecule has 2 aromatic rings. The number of benzene rings is 2. The zero-order chi connectivity index (χ0) is 17.8. The lowest BCUT2D eigenvalue weighted by atomic mass is 10.0. The number of hydrogen-bond acceptors (Lipinski definition) is 2. The molecule has 4 rings (SSSR count). The largest absolute Gasteiger partial charge is 0.381 e. The summed E-state index contributed by atoms with van der Waals surface area (Å²) in [6.07, 6.45) is 9.51. The van der Waals surface area contributed by atoms with Gasteiger partial charge in [0.05, 0.1) is 0 Å². The predicted octanol–water partition coefficient (Wildman–Crippen LogP) is 5.80. The van der Waals surface area contributed by atoms with Crippen LogP contribution in [-0.4, -0.2) is 13.1 Å². The molecule has 0 aliphatic heterocycles. The third-order valence-electron chi connectivity index (χ3n) is 6.23. The van der Waals surface area contributed by atoms with Gasteiger partial charge in [-0.05, 0) is 79.8 Å². The number of aryl methyl sites for hydroxylation is 2. The van der Waals surface area contributed by atoms with Crippen molar-refractivity contribution in [2.24, 2.45) is 5.92 Å². The molecular formula is C24H32N2. The average molecular weight is 349 g/mol. The normalized spacial score (nSPS) is 16.7. The summed E-state index contributed by atoms with van der Waals surface area (Å²) < 4.78 is 0. The predicted molar refractivity (Wildman–Crippen MR) is 112 cm³/mol. The molecule has 2 aliphatic carbocycles. The zero-order valence-electron chi connectivity index (χ0n) is 16.1. The lowest BCUT2D eigenvalue weighted by molar-refractivity contribution is 0.535. The highest BCUT2D eigenvalue weighted by molar-refractivity contribution is 5.60. The van der Waals surface area contributed by atoms with Crippen LogP contribution in [0.25, 0.3) is 0 Å². The SMILES string of the molecule is CCN(CC1CCCC1)c1cc2c(cc1CNc1ccccc1)CCC2. The Bertz CT molecular complexity index is 716. The Morgan fingerprint density at radius 1 is 0.962 bits per heavy atom. The van der Waals surface area contributed by atoms with Crippen molar-refractivity contribution < 1.29 is 0 Å². The van der Waals surface area contributed by atoms with Crippen molar-refractivity contribution >= 4 is 11.4 Å². The molecule has 0 radical (unpaired) electrons. The molecule has 2 aliphatic rings. The highest BCUT2D eigenvalue weighted by atomic mass is 15.1. The van der Waals surface area contributed by atoms with Crippen molar-refractivity contribution in [2.75, 3.05) is 23.3 Å². The number of nitrogens with one attached hydrogen (secondary N) is 1. The summed E-state index contributed by atoms with van der Waals surface area (Å²) in [5, 5.41) is 3.64. The van der Waals surface area contributed by atoms with E-state index in [0.29, 0.717) is 0 Å². The molecule has 0 atom stereocenters. The Hall–Kier alpha value is -1.96. The van der Waals surface area contributed by atoms with Crippen molar-refractivity contribution in [3.8, 4) is 0 Å². The van der Waals surface area contributed by atoms with Crippen molar-refractivity contribution in [2.45, 2.75) is 58.4 Å². The average Bonchev–Trinajstić information content (AvgIpc) is 3.36. The Morgan fingerprint density at radius 2 is 1.69 bits per heavy atom. The van der Waals surface area contributed by atoms with E-state index in [1.807, 2.05) is 0 Å². The maximum Gasteiger partial charge on any atom is 0.0421 e. The van der Waals surface area contributed by atoms with Gasteiger partial charge < -0.3 is 10.2 Å². The molecule has 2 heteroatoms. The smallest absolute Gasteiger partial charge is 0.0421 e. The minimum Gasteiger partial charge on any atom is -0.381 e. The van der Waals surface area contributed by atoms with Crippen LogP contribution < -0.4 is 10.2 Å². The van der Waals surface area contributed by atoms with Gasteiger partial charge in [-0.1, -0.05) is 37.1 Å². The van der Waals surface area contributed by atoms with Gasteiger partial charge >= 0.3 is 0 Å². The summed E-state index contributed by atoms with van der Waals surface area (Å²) in [5.74, 6) is 0.887. The first-order valence-electron chi connectivity index (χ1n) is 10.5. The van der Waals surface area contributed by atoms with Gasteiger partial charge in [-0.3, -0.25) is 0 Å². The summed E-state index contributed by atoms with van der Waals surface area (Å²) in [7, 11) is 0. The van der Waals surface area contributed by atoms with Crippen LogP contribution in [0, 0.1) is 5.92 Å². The number of fused-ring (bicyclic) bond motifs is 1. The number of rotatable bonds is 7. The maximum atomic E-state index is 3.64. The summed E-state index contributed by atoms with van der Waals surface area (Å²) in [6, 6.07) is 15.6. The maximum absolute atomic E-state index is 3.64. The molecule has 1 fully saturated rings. The van der Waals surface area contributed by atoms with Crippen LogP contribution in [0.15, 0.2) is 42.5 Å². The van der Waals surface area contributed by atoms with E-state index in [-0.39, 0.29) is 0 Å². The number of nitrogens with zero attached hydrogens (tertiary/aromatic N) is 1. The zero-order valence-corrected chi connectivity index (χ0v) is 16.1. The summed E-state index contributed by atoms with van der Waals surface area (Å²) in [6.45, 7) is 5.56. The van der Waals surface area contributed by atoms with Crippen LogP contribution in [0.3, 0.4) is 0 Å². The number of anilines is 2. The first-order valence-corrected chi connectivity index (χ1v) is 10.5. The molecule has 2 aromatic carbocycles. The van der Waals surface area contributed by atoms with Crippen molar-refractivity contribution in [1.29, 1.82) is 0 Å². The molecule has 2 nitrogen and oxygen atoms in total. The fourth-order valence-corrected chi connectivity index (χ4v) is 4.75. The van der Waals surface area contributed by atoms with E-state index in [0.717, 1.165) is 19.0 Å². The summed E-state index contributed by atoms with van der Waals surface area (Å²) >= 11 is 0. The molecule has 0 amide bonds. The molecule has 0 spiro atoms. The quantitative estimate of drug-likeness (QED) is 0.680. The first-order chi connectivity index (χ1) is 12.8. The molecule has 26 heavy (non-hydrogen) atoms. The van der Waals surface area contributed by atoms with Crippen LogP contribution in [-0.2, 0) is 19.4 Å². The van der Waals surface area contributed by atoms with Gasteiger partial charge in [0.1, 0.15) is 0 Å². The van der Waals surface area contributed by atoms with Crippen LogP contribution >= 0.6 is 0 Å². The molecule has 0 bridgehead atoms. The Morgan fingerprint density at radius 3 is 2.42 bits per heavy atom. The van der Waals surface area contributed by atoms with Gasteiger partial charge in [0.25, 0.3) is 0 Å². The highest BCUT2D eigenvalue weighted by Gasteiger charge is 2.22. The topological polar surface area (TPSA) is 15.3 Å². The van der Waals surface area contributed by atoms with Gasteiger partial charge in [0, 0.05) is 31.0 Å². The fourth-order valence-electron chi connectivity index (χ4n) is 4.75. The third-order valence-corrected chi connectivity index (χ3v) is 6.23. The molecule has 0 aromatic heterocycles. The minimum absolute atomic E-state index is 0.887. The van der Waals surface area contributed by atoms with Gasteiger partial charge in [-0.25, -0.2) is 0 Å². The molecule has 1 saturated carbocycles. The van der Waals surface area contributed by atoms with Crippen molar-refractivity contribution in [3.05, 3.63) is 59.2 Å². The van der Waals surface area contributed by atoms with Crippen molar-refractivity contribution in [1.82, 2.24) is 0 Å². The molecule has 0 unspecified atom stereocenters. The Labute approximate surface area is 158 Å². The van der Waals surface area contributed by atoms with E-state index in [2.05, 4.69) is 59.6 Å². The van der Waals surface area contributed by atoms with E-state index in [9.17, 15) is 0 Å². The number of hydrogen-bond donors (Lipinski definition) is 1. The van der Waals surface area contributed by atoms with Crippen molar-refractivity contribution in [3.63, 3.8) is 0 Å². The molecule has 1 N–H and O–H groups in total. The lowest BCUT2D eigenvalue weighted by Crippen LogP contribution is -2.29. The van der Waals surface area contributed by atoms with Gasteiger partial charge in [-0.2, -0.15) is 0 Å². The Balaban J connectivity index is 1.58. The van der Waals surface area contributed by atoms with E-state index in [1.165, 1.54) is 68.4 Å². The van der Waals surface area contributed by atoms with Crippen LogP contribution in [0.4, 0.5) is 11.4 Å². The van der Waals surface area contributed by atoms with Gasteiger partial charge in [0.2, 0.25) is 0 Å². The molecule has 0 saturated heterocycles. The third kappa shape index (κ3) is 3.90. The summed E-state index contributed by atoms with van der Waals surface area (Å²) in [4.78, 5) is 2.65. The Kier molecular flexibility index (Phi) is 5.48. The van der Waals surface area contributed by atoms with Gasteiger partial charge in [-0.15, -0.1) is 0 Å². The van der Waals surface area contributed by atoms with Crippen LogP contribution in [0.1, 0.15) is 55.7 Å². The van der Waals surface area contributed by atoms with Gasteiger partial charge in [0.15, 0.2) is 0 Å². The molecule has 0 heterocycles. The second-order valence-corrected chi connectivity index (χ2v) is 8.01. The van der Waals surface area contributed by atoms with E-state index >= 15 is 0 Å². The van der Waals surface area contributed by atoms with E-state index in [4.69, 9.17) is 0 Å². The standard InChI is InChI=1S/C24H32N2/c1-2-26(18-19-9-6-7-10-19)24-16-21-12-8-11-20(21)15-22(24)17-25-23-13-4-3-5-14-23/h3-5,13-16,19,25H,2,6-12,17-18H2,1H3. The van der Waals surface area contributed by atoms with Crippen LogP contribution in [0.5, 0.6) is 0 Å². The number of para-hydroxylation sites is 1. The molecule has 138 valence electrons. The summed E-state index contributed by atoms with van der Waals surface area (Å²) in [5.41, 5.74) is 7.32. The second kappa shape index (κ2) is 8.16. The fraction of sp³-hybridized carbons (Fsp3) is 0.500. The first kappa shape index (κ1) is 17.5. The molecular weight excluding hydrogens is 316 g/mol. The van der Waals surface area contributed by atoms with E-state index in [1.54, 1.807) is 11.1 Å². The second-order valence-electron chi connectivity index (χ2n) is 8.01. The van der Waals surface area contributed by atoms with Crippen LogP contribution in [0.2, 0.25) is 0 Å². The minimum atomic E-state index is 0.887. The lowest BCUT2D eigenvalue weighted by Gasteiger charge is -2.29.